The first kappa shape index (κ1) is 18.2. The molecule has 0 saturated carbocycles. The van der Waals surface area contributed by atoms with Gasteiger partial charge in [-0.2, -0.15) is 0 Å². The Morgan fingerprint density at radius 2 is 1.46 bits per heavy atom. The van der Waals surface area contributed by atoms with Gasteiger partial charge in [-0.25, -0.2) is 0 Å². The summed E-state index contributed by atoms with van der Waals surface area (Å²) in [7, 11) is 3.30. The lowest BCUT2D eigenvalue weighted by Gasteiger charge is -2.07. The Morgan fingerprint density at radius 1 is 0.917 bits per heavy atom. The van der Waals surface area contributed by atoms with E-state index < -0.39 is 0 Å². The molecule has 1 N–H and O–H groups in total. The SMILES string of the molecule is COc1ccc(CCNC(=O)CSCc2ccc(OC)cc2)cc1. The van der Waals surface area contributed by atoms with Gasteiger partial charge in [-0.05, 0) is 41.8 Å². The lowest BCUT2D eigenvalue weighted by atomic mass is 10.1. The predicted octanol–water partition coefficient (Wildman–Crippen LogP) is 3.30. The number of rotatable bonds is 9. The van der Waals surface area contributed by atoms with Gasteiger partial charge in [0.15, 0.2) is 0 Å². The molecule has 0 saturated heterocycles. The molecule has 2 rings (SSSR count). The van der Waals surface area contributed by atoms with E-state index in [0.717, 1.165) is 23.7 Å². The number of ether oxygens (including phenoxy) is 2. The van der Waals surface area contributed by atoms with E-state index in [-0.39, 0.29) is 5.91 Å². The molecule has 0 fully saturated rings. The smallest absolute Gasteiger partial charge is 0.230 e. The van der Waals surface area contributed by atoms with E-state index in [2.05, 4.69) is 5.32 Å². The first-order valence-corrected chi connectivity index (χ1v) is 8.97. The average Bonchev–Trinajstić information content (AvgIpc) is 2.63. The molecule has 0 aliphatic heterocycles. The van der Waals surface area contributed by atoms with Crippen molar-refractivity contribution in [1.82, 2.24) is 5.32 Å². The molecule has 0 radical (unpaired) electrons. The third-order valence-corrected chi connectivity index (χ3v) is 4.56. The number of nitrogens with one attached hydrogen (secondary N) is 1. The molecule has 0 aliphatic rings. The third-order valence-electron chi connectivity index (χ3n) is 3.56. The first-order valence-electron chi connectivity index (χ1n) is 7.81. The molecule has 2 aromatic carbocycles. The van der Waals surface area contributed by atoms with E-state index >= 15 is 0 Å². The van der Waals surface area contributed by atoms with Gasteiger partial charge in [-0.15, -0.1) is 11.8 Å². The second-order valence-electron chi connectivity index (χ2n) is 5.29. The Balaban J connectivity index is 1.62. The number of benzene rings is 2. The summed E-state index contributed by atoms with van der Waals surface area (Å²) in [4.78, 5) is 11.9. The van der Waals surface area contributed by atoms with E-state index in [1.807, 2.05) is 48.5 Å². The Hall–Kier alpha value is -2.14. The molecule has 4 nitrogen and oxygen atoms in total. The van der Waals surface area contributed by atoms with Gasteiger partial charge in [0.2, 0.25) is 5.91 Å². The number of thioether (sulfide) groups is 1. The standard InChI is InChI=1S/C19H23NO3S/c1-22-17-7-3-15(4-8-17)11-12-20-19(21)14-24-13-16-5-9-18(23-2)10-6-16/h3-10H,11-14H2,1-2H3,(H,20,21). The summed E-state index contributed by atoms with van der Waals surface area (Å²) < 4.78 is 10.3. The summed E-state index contributed by atoms with van der Waals surface area (Å²) in [6.07, 6.45) is 0.818. The maximum Gasteiger partial charge on any atom is 0.230 e. The van der Waals surface area contributed by atoms with Crippen LogP contribution in [-0.2, 0) is 17.0 Å². The van der Waals surface area contributed by atoms with Gasteiger partial charge in [-0.1, -0.05) is 24.3 Å². The van der Waals surface area contributed by atoms with Crippen LogP contribution < -0.4 is 14.8 Å². The minimum Gasteiger partial charge on any atom is -0.497 e. The summed E-state index contributed by atoms with van der Waals surface area (Å²) in [5.41, 5.74) is 2.37. The molecule has 24 heavy (non-hydrogen) atoms. The molecule has 0 heterocycles. The third kappa shape index (κ3) is 6.16. The molecule has 0 spiro atoms. The van der Waals surface area contributed by atoms with Crippen LogP contribution >= 0.6 is 11.8 Å². The second kappa shape index (κ2) is 9.88. The van der Waals surface area contributed by atoms with Crippen molar-refractivity contribution in [2.24, 2.45) is 0 Å². The van der Waals surface area contributed by atoms with Crippen LogP contribution in [-0.4, -0.2) is 32.4 Å². The van der Waals surface area contributed by atoms with Crippen LogP contribution in [0.2, 0.25) is 0 Å². The van der Waals surface area contributed by atoms with Crippen LogP contribution in [0.4, 0.5) is 0 Å². The highest BCUT2D eigenvalue weighted by Gasteiger charge is 2.02. The monoisotopic (exact) mass is 345 g/mol. The molecule has 0 atom stereocenters. The van der Waals surface area contributed by atoms with Crippen molar-refractivity contribution in [2.75, 3.05) is 26.5 Å². The zero-order valence-electron chi connectivity index (χ0n) is 14.1. The number of amides is 1. The van der Waals surface area contributed by atoms with E-state index in [0.29, 0.717) is 12.3 Å². The first-order chi connectivity index (χ1) is 11.7. The van der Waals surface area contributed by atoms with E-state index in [1.54, 1.807) is 26.0 Å². The van der Waals surface area contributed by atoms with Crippen molar-refractivity contribution in [3.63, 3.8) is 0 Å². The number of carbonyl (C=O) groups excluding carboxylic acids is 1. The summed E-state index contributed by atoms with van der Waals surface area (Å²) in [5, 5.41) is 2.95. The zero-order valence-corrected chi connectivity index (χ0v) is 14.9. The van der Waals surface area contributed by atoms with Gasteiger partial charge in [0.1, 0.15) is 11.5 Å². The quantitative estimate of drug-likeness (QED) is 0.757. The Morgan fingerprint density at radius 3 is 2.00 bits per heavy atom. The molecule has 128 valence electrons. The number of hydrogen-bond acceptors (Lipinski definition) is 4. The molecular formula is C19H23NO3S. The van der Waals surface area contributed by atoms with Crippen molar-refractivity contribution in [2.45, 2.75) is 12.2 Å². The Bertz CT molecular complexity index is 571. The Labute approximate surface area is 147 Å². The van der Waals surface area contributed by atoms with Gasteiger partial charge in [0.25, 0.3) is 0 Å². The maximum absolute atomic E-state index is 11.9. The minimum absolute atomic E-state index is 0.0713. The van der Waals surface area contributed by atoms with Crippen LogP contribution in [0.3, 0.4) is 0 Å². The minimum atomic E-state index is 0.0713. The van der Waals surface area contributed by atoms with E-state index in [1.165, 1.54) is 11.1 Å². The van der Waals surface area contributed by atoms with Crippen LogP contribution in [0.1, 0.15) is 11.1 Å². The van der Waals surface area contributed by atoms with Crippen molar-refractivity contribution in [3.8, 4) is 11.5 Å². The van der Waals surface area contributed by atoms with Gasteiger partial charge < -0.3 is 14.8 Å². The van der Waals surface area contributed by atoms with Crippen molar-refractivity contribution < 1.29 is 14.3 Å². The van der Waals surface area contributed by atoms with Gasteiger partial charge >= 0.3 is 0 Å². The highest BCUT2D eigenvalue weighted by molar-refractivity contribution is 7.99. The fourth-order valence-corrected chi connectivity index (χ4v) is 2.99. The molecule has 1 amide bonds. The van der Waals surface area contributed by atoms with E-state index in [4.69, 9.17) is 9.47 Å². The van der Waals surface area contributed by atoms with Crippen LogP contribution in [0.25, 0.3) is 0 Å². The Kier molecular flexibility index (Phi) is 7.49. The zero-order chi connectivity index (χ0) is 17.2. The van der Waals surface area contributed by atoms with Crippen molar-refractivity contribution in [1.29, 1.82) is 0 Å². The van der Waals surface area contributed by atoms with Crippen molar-refractivity contribution >= 4 is 17.7 Å². The van der Waals surface area contributed by atoms with Crippen LogP contribution in [0, 0.1) is 0 Å². The molecule has 0 unspecified atom stereocenters. The van der Waals surface area contributed by atoms with Crippen LogP contribution in [0.15, 0.2) is 48.5 Å². The van der Waals surface area contributed by atoms with Crippen LogP contribution in [0.5, 0.6) is 11.5 Å². The molecule has 2 aromatic rings. The lowest BCUT2D eigenvalue weighted by molar-refractivity contribution is -0.118. The second-order valence-corrected chi connectivity index (χ2v) is 6.27. The highest BCUT2D eigenvalue weighted by Crippen LogP contribution is 2.16. The fraction of sp³-hybridized carbons (Fsp3) is 0.316. The molecule has 0 aromatic heterocycles. The summed E-state index contributed by atoms with van der Waals surface area (Å²) in [5.74, 6) is 3.05. The topological polar surface area (TPSA) is 47.6 Å². The predicted molar refractivity (Wildman–Crippen MR) is 98.9 cm³/mol. The number of hydrogen-bond donors (Lipinski definition) is 1. The molecule has 0 aliphatic carbocycles. The van der Waals surface area contributed by atoms with Gasteiger partial charge in [0.05, 0.1) is 20.0 Å². The normalized spacial score (nSPS) is 10.2. The molecular weight excluding hydrogens is 322 g/mol. The lowest BCUT2D eigenvalue weighted by Crippen LogP contribution is -2.27. The molecule has 5 heteroatoms. The van der Waals surface area contributed by atoms with Crippen molar-refractivity contribution in [3.05, 3.63) is 59.7 Å². The summed E-state index contributed by atoms with van der Waals surface area (Å²) in [6, 6.07) is 15.8. The summed E-state index contributed by atoms with van der Waals surface area (Å²) in [6.45, 7) is 0.647. The van der Waals surface area contributed by atoms with E-state index in [9.17, 15) is 4.79 Å². The molecule has 0 bridgehead atoms. The maximum atomic E-state index is 11.9. The highest BCUT2D eigenvalue weighted by atomic mass is 32.2. The largest absolute Gasteiger partial charge is 0.497 e. The summed E-state index contributed by atoms with van der Waals surface area (Å²) >= 11 is 1.61. The number of carbonyl (C=O) groups is 1. The average molecular weight is 345 g/mol. The van der Waals surface area contributed by atoms with Gasteiger partial charge in [0, 0.05) is 12.3 Å². The number of methoxy groups -OCH3 is 2. The fourth-order valence-electron chi connectivity index (χ4n) is 2.17. The van der Waals surface area contributed by atoms with Gasteiger partial charge in [-0.3, -0.25) is 4.79 Å².